The third-order valence-corrected chi connectivity index (χ3v) is 4.29. The van der Waals surface area contributed by atoms with Crippen LogP contribution in [0.1, 0.15) is 35.8 Å². The first-order valence-corrected chi connectivity index (χ1v) is 6.95. The lowest BCUT2D eigenvalue weighted by molar-refractivity contribution is -0.114. The fourth-order valence-electron chi connectivity index (χ4n) is 2.38. The Bertz CT molecular complexity index is 423. The number of nitrogens with one attached hydrogen (secondary N) is 1. The number of thiophene rings is 1. The van der Waals surface area contributed by atoms with Crippen molar-refractivity contribution in [2.24, 2.45) is 0 Å². The predicted octanol–water partition coefficient (Wildman–Crippen LogP) is 2.65. The lowest BCUT2D eigenvalue weighted by Crippen LogP contribution is -2.15. The molecule has 0 aromatic carbocycles. The standard InChI is InChI=1S/C13H20N2OS/c1-9(16)14-13-11(8-15(2)3)10-6-4-5-7-12(10)17-13/h4-8H2,1-3H3,(H,14,16). The maximum atomic E-state index is 11.2. The minimum Gasteiger partial charge on any atom is -0.318 e. The minimum absolute atomic E-state index is 0.0311. The van der Waals surface area contributed by atoms with Gasteiger partial charge in [-0.05, 0) is 45.3 Å². The average molecular weight is 252 g/mol. The van der Waals surface area contributed by atoms with Crippen LogP contribution in [0.2, 0.25) is 0 Å². The van der Waals surface area contributed by atoms with Gasteiger partial charge in [0.1, 0.15) is 0 Å². The summed E-state index contributed by atoms with van der Waals surface area (Å²) in [5.41, 5.74) is 2.84. The molecular formula is C13H20N2OS. The summed E-state index contributed by atoms with van der Waals surface area (Å²) < 4.78 is 0. The van der Waals surface area contributed by atoms with Crippen molar-refractivity contribution in [1.29, 1.82) is 0 Å². The monoisotopic (exact) mass is 252 g/mol. The van der Waals surface area contributed by atoms with E-state index in [-0.39, 0.29) is 5.91 Å². The van der Waals surface area contributed by atoms with Gasteiger partial charge in [-0.2, -0.15) is 0 Å². The van der Waals surface area contributed by atoms with Crippen molar-refractivity contribution in [3.05, 3.63) is 16.0 Å². The molecule has 17 heavy (non-hydrogen) atoms. The van der Waals surface area contributed by atoms with E-state index in [1.165, 1.54) is 41.7 Å². The van der Waals surface area contributed by atoms with Crippen molar-refractivity contribution in [3.8, 4) is 0 Å². The molecule has 0 spiro atoms. The quantitative estimate of drug-likeness (QED) is 0.897. The number of fused-ring (bicyclic) bond motifs is 1. The van der Waals surface area contributed by atoms with Crippen LogP contribution in [0, 0.1) is 0 Å². The molecule has 0 aliphatic heterocycles. The van der Waals surface area contributed by atoms with E-state index in [0.717, 1.165) is 11.5 Å². The van der Waals surface area contributed by atoms with Crippen LogP contribution in [0.25, 0.3) is 0 Å². The molecule has 0 saturated heterocycles. The molecule has 3 nitrogen and oxygen atoms in total. The van der Waals surface area contributed by atoms with Gasteiger partial charge in [0.2, 0.25) is 5.91 Å². The third kappa shape index (κ3) is 2.87. The van der Waals surface area contributed by atoms with Gasteiger partial charge in [-0.25, -0.2) is 0 Å². The van der Waals surface area contributed by atoms with E-state index >= 15 is 0 Å². The van der Waals surface area contributed by atoms with E-state index < -0.39 is 0 Å². The van der Waals surface area contributed by atoms with Gasteiger partial charge in [0.15, 0.2) is 0 Å². The van der Waals surface area contributed by atoms with Gasteiger partial charge in [0, 0.05) is 23.9 Å². The summed E-state index contributed by atoms with van der Waals surface area (Å²) in [5, 5.41) is 4.06. The van der Waals surface area contributed by atoms with Gasteiger partial charge >= 0.3 is 0 Å². The molecule has 0 atom stereocenters. The predicted molar refractivity (Wildman–Crippen MR) is 72.7 cm³/mol. The Morgan fingerprint density at radius 2 is 2.06 bits per heavy atom. The smallest absolute Gasteiger partial charge is 0.221 e. The highest BCUT2D eigenvalue weighted by molar-refractivity contribution is 7.16. The highest BCUT2D eigenvalue weighted by atomic mass is 32.1. The van der Waals surface area contributed by atoms with Crippen LogP contribution >= 0.6 is 11.3 Å². The summed E-state index contributed by atoms with van der Waals surface area (Å²) in [6, 6.07) is 0. The zero-order valence-electron chi connectivity index (χ0n) is 10.8. The summed E-state index contributed by atoms with van der Waals surface area (Å²) in [5.74, 6) is 0.0311. The molecule has 0 radical (unpaired) electrons. The highest BCUT2D eigenvalue weighted by Crippen LogP contribution is 2.38. The molecule has 1 aliphatic carbocycles. The lowest BCUT2D eigenvalue weighted by atomic mass is 9.95. The number of carbonyl (C=O) groups is 1. The van der Waals surface area contributed by atoms with Crippen LogP contribution < -0.4 is 5.32 Å². The molecular weight excluding hydrogens is 232 g/mol. The van der Waals surface area contributed by atoms with Gasteiger partial charge < -0.3 is 10.2 Å². The van der Waals surface area contributed by atoms with E-state index in [1.807, 2.05) is 0 Å². The van der Waals surface area contributed by atoms with Gasteiger partial charge in [-0.3, -0.25) is 4.79 Å². The second-order valence-corrected chi connectivity index (χ2v) is 6.04. The fraction of sp³-hybridized carbons (Fsp3) is 0.615. The molecule has 1 aromatic heterocycles. The molecule has 94 valence electrons. The summed E-state index contributed by atoms with van der Waals surface area (Å²) >= 11 is 1.77. The Labute approximate surface area is 107 Å². The van der Waals surface area contributed by atoms with E-state index in [0.29, 0.717) is 0 Å². The second-order valence-electron chi connectivity index (χ2n) is 4.94. The molecule has 0 bridgehead atoms. The largest absolute Gasteiger partial charge is 0.318 e. The topological polar surface area (TPSA) is 32.3 Å². The van der Waals surface area contributed by atoms with Crippen molar-refractivity contribution in [2.45, 2.75) is 39.2 Å². The van der Waals surface area contributed by atoms with Gasteiger partial charge in [-0.1, -0.05) is 0 Å². The SMILES string of the molecule is CC(=O)Nc1sc2c(c1CN(C)C)CCCC2. The van der Waals surface area contributed by atoms with Crippen LogP contribution in [0.15, 0.2) is 0 Å². The van der Waals surface area contributed by atoms with Crippen LogP contribution in [0.5, 0.6) is 0 Å². The molecule has 1 N–H and O–H groups in total. The van der Waals surface area contributed by atoms with Crippen molar-refractivity contribution in [3.63, 3.8) is 0 Å². The number of carbonyl (C=O) groups excluding carboxylic acids is 1. The van der Waals surface area contributed by atoms with Gasteiger partial charge in [0.05, 0.1) is 5.00 Å². The van der Waals surface area contributed by atoms with Crippen LogP contribution in [-0.4, -0.2) is 24.9 Å². The number of anilines is 1. The molecule has 2 rings (SSSR count). The van der Waals surface area contributed by atoms with E-state index in [2.05, 4.69) is 24.3 Å². The zero-order chi connectivity index (χ0) is 12.4. The van der Waals surface area contributed by atoms with E-state index in [1.54, 1.807) is 18.3 Å². The summed E-state index contributed by atoms with van der Waals surface area (Å²) in [4.78, 5) is 14.9. The van der Waals surface area contributed by atoms with E-state index in [9.17, 15) is 4.79 Å². The summed E-state index contributed by atoms with van der Waals surface area (Å²) in [7, 11) is 4.15. The van der Waals surface area contributed by atoms with Crippen molar-refractivity contribution >= 4 is 22.2 Å². The zero-order valence-corrected chi connectivity index (χ0v) is 11.6. The van der Waals surface area contributed by atoms with Crippen LogP contribution in [0.3, 0.4) is 0 Å². The third-order valence-electron chi connectivity index (χ3n) is 3.04. The number of hydrogen-bond acceptors (Lipinski definition) is 3. The Morgan fingerprint density at radius 1 is 1.35 bits per heavy atom. The number of amides is 1. The van der Waals surface area contributed by atoms with E-state index in [4.69, 9.17) is 0 Å². The van der Waals surface area contributed by atoms with Crippen LogP contribution in [-0.2, 0) is 24.2 Å². The fourth-order valence-corrected chi connectivity index (χ4v) is 3.72. The molecule has 0 saturated carbocycles. The molecule has 0 fully saturated rings. The number of aryl methyl sites for hydroxylation is 1. The Kier molecular flexibility index (Phi) is 3.84. The summed E-state index contributed by atoms with van der Waals surface area (Å²) in [6.07, 6.45) is 4.92. The first kappa shape index (κ1) is 12.6. The molecule has 1 amide bonds. The maximum absolute atomic E-state index is 11.2. The van der Waals surface area contributed by atoms with Gasteiger partial charge in [0.25, 0.3) is 0 Å². The summed E-state index contributed by atoms with van der Waals surface area (Å²) in [6.45, 7) is 2.50. The Morgan fingerprint density at radius 3 is 2.71 bits per heavy atom. The lowest BCUT2D eigenvalue weighted by Gasteiger charge is -2.16. The molecule has 4 heteroatoms. The Balaban J connectivity index is 2.35. The minimum atomic E-state index is 0.0311. The number of hydrogen-bond donors (Lipinski definition) is 1. The molecule has 1 aromatic rings. The molecule has 0 unspecified atom stereocenters. The van der Waals surface area contributed by atoms with Crippen LogP contribution in [0.4, 0.5) is 5.00 Å². The van der Waals surface area contributed by atoms with Gasteiger partial charge in [-0.15, -0.1) is 11.3 Å². The highest BCUT2D eigenvalue weighted by Gasteiger charge is 2.21. The first-order valence-electron chi connectivity index (χ1n) is 6.13. The van der Waals surface area contributed by atoms with Crippen molar-refractivity contribution in [2.75, 3.05) is 19.4 Å². The number of rotatable bonds is 3. The first-order chi connectivity index (χ1) is 8.08. The normalized spacial score (nSPS) is 14.8. The molecule has 1 aliphatic rings. The number of nitrogens with zero attached hydrogens (tertiary/aromatic N) is 1. The maximum Gasteiger partial charge on any atom is 0.221 e. The van der Waals surface area contributed by atoms with Crippen molar-refractivity contribution in [1.82, 2.24) is 4.90 Å². The average Bonchev–Trinajstić information content (AvgIpc) is 2.55. The second kappa shape index (κ2) is 5.19. The van der Waals surface area contributed by atoms with Crippen molar-refractivity contribution < 1.29 is 4.79 Å². The Hall–Kier alpha value is -0.870. The molecule has 1 heterocycles.